The highest BCUT2D eigenvalue weighted by Crippen LogP contribution is 2.28. The molecule has 1 aromatic carbocycles. The minimum atomic E-state index is -0.910. The van der Waals surface area contributed by atoms with E-state index in [1.165, 1.54) is 24.5 Å². The molecule has 2 rings (SSSR count). The first-order valence-electron chi connectivity index (χ1n) is 4.93. The number of aliphatic hydroxyl groups is 1. The van der Waals surface area contributed by atoms with Crippen molar-refractivity contribution in [1.82, 2.24) is 0 Å². The van der Waals surface area contributed by atoms with Gasteiger partial charge in [0.15, 0.2) is 0 Å². The smallest absolute Gasteiger partial charge is 0.146 e. The minimum absolute atomic E-state index is 0.110. The van der Waals surface area contributed by atoms with Crippen LogP contribution in [-0.2, 0) is 6.42 Å². The summed E-state index contributed by atoms with van der Waals surface area (Å²) >= 11 is 9.02. The SMILES string of the molecule is OC(Cc1cc(Cl)ccc1F)c1occc1Br. The van der Waals surface area contributed by atoms with Crippen molar-refractivity contribution in [2.45, 2.75) is 12.5 Å². The lowest BCUT2D eigenvalue weighted by atomic mass is 10.1. The van der Waals surface area contributed by atoms with Gasteiger partial charge in [-0.15, -0.1) is 0 Å². The Balaban J connectivity index is 2.21. The molecule has 0 aliphatic carbocycles. The van der Waals surface area contributed by atoms with Crippen LogP contribution in [0.5, 0.6) is 0 Å². The highest BCUT2D eigenvalue weighted by Gasteiger charge is 2.17. The van der Waals surface area contributed by atoms with E-state index in [0.29, 0.717) is 20.8 Å². The fourth-order valence-corrected chi connectivity index (χ4v) is 2.20. The number of hydrogen-bond donors (Lipinski definition) is 1. The quantitative estimate of drug-likeness (QED) is 0.923. The highest BCUT2D eigenvalue weighted by atomic mass is 79.9. The minimum Gasteiger partial charge on any atom is -0.465 e. The van der Waals surface area contributed by atoms with Gasteiger partial charge in [-0.3, -0.25) is 0 Å². The van der Waals surface area contributed by atoms with E-state index in [2.05, 4.69) is 15.9 Å². The second-order valence-electron chi connectivity index (χ2n) is 3.59. The molecule has 1 atom stereocenters. The van der Waals surface area contributed by atoms with E-state index in [4.69, 9.17) is 16.0 Å². The molecular formula is C12H9BrClFO2. The summed E-state index contributed by atoms with van der Waals surface area (Å²) < 4.78 is 19.2. The van der Waals surface area contributed by atoms with Crippen molar-refractivity contribution in [2.24, 2.45) is 0 Å². The summed E-state index contributed by atoms with van der Waals surface area (Å²) in [6.07, 6.45) is 0.655. The molecule has 0 aliphatic rings. The zero-order valence-electron chi connectivity index (χ0n) is 8.66. The van der Waals surface area contributed by atoms with Crippen molar-refractivity contribution in [3.63, 3.8) is 0 Å². The maximum Gasteiger partial charge on any atom is 0.146 e. The van der Waals surface area contributed by atoms with Crippen LogP contribution in [-0.4, -0.2) is 5.11 Å². The highest BCUT2D eigenvalue weighted by molar-refractivity contribution is 9.10. The Morgan fingerprint density at radius 1 is 1.41 bits per heavy atom. The lowest BCUT2D eigenvalue weighted by molar-refractivity contribution is 0.148. The molecule has 1 aromatic heterocycles. The van der Waals surface area contributed by atoms with E-state index < -0.39 is 11.9 Å². The molecule has 17 heavy (non-hydrogen) atoms. The first kappa shape index (κ1) is 12.6. The lowest BCUT2D eigenvalue weighted by Crippen LogP contribution is -2.03. The topological polar surface area (TPSA) is 33.4 Å². The zero-order valence-corrected chi connectivity index (χ0v) is 11.0. The molecular weight excluding hydrogens is 310 g/mol. The van der Waals surface area contributed by atoms with Gasteiger partial charge in [-0.1, -0.05) is 11.6 Å². The molecule has 0 aliphatic heterocycles. The number of aliphatic hydroxyl groups excluding tert-OH is 1. The van der Waals surface area contributed by atoms with Gasteiger partial charge in [-0.2, -0.15) is 0 Å². The van der Waals surface area contributed by atoms with Gasteiger partial charge in [0.1, 0.15) is 17.7 Å². The Labute approximate surface area is 111 Å². The standard InChI is InChI=1S/C12H9BrClFO2/c13-9-3-4-17-12(9)11(16)6-7-5-8(14)1-2-10(7)15/h1-5,11,16H,6H2. The van der Waals surface area contributed by atoms with Crippen molar-refractivity contribution in [2.75, 3.05) is 0 Å². The van der Waals surface area contributed by atoms with Gasteiger partial charge in [0.25, 0.3) is 0 Å². The Hall–Kier alpha value is -0.840. The molecule has 1 N–H and O–H groups in total. The van der Waals surface area contributed by atoms with Crippen LogP contribution in [0, 0.1) is 5.82 Å². The molecule has 0 radical (unpaired) electrons. The van der Waals surface area contributed by atoms with Gasteiger partial charge in [0.05, 0.1) is 10.7 Å². The number of rotatable bonds is 3. The molecule has 0 fully saturated rings. The summed E-state index contributed by atoms with van der Waals surface area (Å²) in [4.78, 5) is 0. The van der Waals surface area contributed by atoms with E-state index in [-0.39, 0.29) is 6.42 Å². The van der Waals surface area contributed by atoms with Gasteiger partial charge in [0.2, 0.25) is 0 Å². The summed E-state index contributed by atoms with van der Waals surface area (Å²) in [5.74, 6) is -0.0134. The molecule has 1 unspecified atom stereocenters. The Kier molecular flexibility index (Phi) is 3.86. The molecule has 0 bridgehead atoms. The molecule has 5 heteroatoms. The second-order valence-corrected chi connectivity index (χ2v) is 4.88. The zero-order chi connectivity index (χ0) is 12.4. The summed E-state index contributed by atoms with van der Waals surface area (Å²) in [6, 6.07) is 5.92. The van der Waals surface area contributed by atoms with Gasteiger partial charge >= 0.3 is 0 Å². The molecule has 0 amide bonds. The van der Waals surface area contributed by atoms with Crippen molar-refractivity contribution in [1.29, 1.82) is 0 Å². The van der Waals surface area contributed by atoms with Crippen LogP contribution in [0.1, 0.15) is 17.4 Å². The first-order chi connectivity index (χ1) is 8.08. The molecule has 1 heterocycles. The summed E-state index contributed by atoms with van der Waals surface area (Å²) in [5, 5.41) is 10.4. The first-order valence-corrected chi connectivity index (χ1v) is 6.10. The number of furan rings is 1. The van der Waals surface area contributed by atoms with E-state index >= 15 is 0 Å². The lowest BCUT2D eigenvalue weighted by Gasteiger charge is -2.09. The average molecular weight is 320 g/mol. The Bertz CT molecular complexity index is 527. The van der Waals surface area contributed by atoms with Gasteiger partial charge in [-0.05, 0) is 45.8 Å². The number of halogens is 3. The van der Waals surface area contributed by atoms with Crippen molar-refractivity contribution in [3.05, 3.63) is 57.2 Å². The number of benzene rings is 1. The summed E-state index contributed by atoms with van der Waals surface area (Å²) in [6.45, 7) is 0. The maximum absolute atomic E-state index is 13.5. The van der Waals surface area contributed by atoms with Gasteiger partial charge < -0.3 is 9.52 Å². The van der Waals surface area contributed by atoms with Crippen LogP contribution in [0.25, 0.3) is 0 Å². The van der Waals surface area contributed by atoms with Crippen LogP contribution in [0.3, 0.4) is 0 Å². The van der Waals surface area contributed by atoms with Gasteiger partial charge in [-0.25, -0.2) is 4.39 Å². The van der Waals surface area contributed by atoms with E-state index in [0.717, 1.165) is 0 Å². The fourth-order valence-electron chi connectivity index (χ4n) is 1.54. The maximum atomic E-state index is 13.5. The van der Waals surface area contributed by atoms with Gasteiger partial charge in [0, 0.05) is 11.4 Å². The predicted molar refractivity (Wildman–Crippen MR) is 66.5 cm³/mol. The molecule has 2 nitrogen and oxygen atoms in total. The largest absolute Gasteiger partial charge is 0.465 e. The second kappa shape index (κ2) is 5.21. The monoisotopic (exact) mass is 318 g/mol. The Morgan fingerprint density at radius 3 is 2.82 bits per heavy atom. The molecule has 0 spiro atoms. The molecule has 90 valence electrons. The average Bonchev–Trinajstić information content (AvgIpc) is 2.70. The normalized spacial score (nSPS) is 12.7. The van der Waals surface area contributed by atoms with Crippen molar-refractivity contribution in [3.8, 4) is 0 Å². The summed E-state index contributed by atoms with van der Waals surface area (Å²) in [7, 11) is 0. The molecule has 0 saturated heterocycles. The predicted octanol–water partition coefficient (Wildman–Crippen LogP) is 4.11. The van der Waals surface area contributed by atoms with E-state index in [1.807, 2.05) is 0 Å². The van der Waals surface area contributed by atoms with Crippen LogP contribution in [0.2, 0.25) is 5.02 Å². The van der Waals surface area contributed by atoms with E-state index in [1.54, 1.807) is 6.07 Å². The van der Waals surface area contributed by atoms with Crippen molar-refractivity contribution >= 4 is 27.5 Å². The third kappa shape index (κ3) is 2.89. The Morgan fingerprint density at radius 2 is 2.18 bits per heavy atom. The third-order valence-corrected chi connectivity index (χ3v) is 3.26. The van der Waals surface area contributed by atoms with Crippen molar-refractivity contribution < 1.29 is 13.9 Å². The van der Waals surface area contributed by atoms with Crippen LogP contribution in [0.4, 0.5) is 4.39 Å². The third-order valence-electron chi connectivity index (χ3n) is 2.37. The van der Waals surface area contributed by atoms with E-state index in [9.17, 15) is 9.50 Å². The van der Waals surface area contributed by atoms with Crippen LogP contribution < -0.4 is 0 Å². The molecule has 2 aromatic rings. The fraction of sp³-hybridized carbons (Fsp3) is 0.167. The molecule has 0 saturated carbocycles. The van der Waals surface area contributed by atoms with Crippen LogP contribution in [0.15, 0.2) is 39.4 Å². The summed E-state index contributed by atoms with van der Waals surface area (Å²) in [5.41, 5.74) is 0.355. The van der Waals surface area contributed by atoms with Crippen LogP contribution >= 0.6 is 27.5 Å². The number of hydrogen-bond acceptors (Lipinski definition) is 2.